The zero-order valence-corrected chi connectivity index (χ0v) is 11.1. The smallest absolute Gasteiger partial charge is 0.114 e. The van der Waals surface area contributed by atoms with Crippen molar-refractivity contribution in [3.05, 3.63) is 40.1 Å². The van der Waals surface area contributed by atoms with Gasteiger partial charge in [0.1, 0.15) is 5.82 Å². The van der Waals surface area contributed by atoms with E-state index in [2.05, 4.69) is 49.1 Å². The molecule has 0 amide bonds. The lowest BCUT2D eigenvalue weighted by molar-refractivity contribution is 0.592. The van der Waals surface area contributed by atoms with Crippen LogP contribution in [-0.2, 0) is 5.41 Å². The Kier molecular flexibility index (Phi) is 2.89. The first-order chi connectivity index (χ1) is 7.48. The lowest BCUT2D eigenvalue weighted by Gasteiger charge is -2.16. The van der Waals surface area contributed by atoms with Gasteiger partial charge in [-0.1, -0.05) is 27.7 Å². The van der Waals surface area contributed by atoms with Crippen molar-refractivity contribution in [3.63, 3.8) is 0 Å². The highest BCUT2D eigenvalue weighted by Crippen LogP contribution is 2.32. The highest BCUT2D eigenvalue weighted by Gasteiger charge is 2.19. The monoisotopic (exact) mass is 234 g/mol. The number of aromatic nitrogens is 2. The summed E-state index contributed by atoms with van der Waals surface area (Å²) in [6.45, 7) is 8.93. The Labute approximate surface area is 101 Å². The van der Waals surface area contributed by atoms with E-state index in [9.17, 15) is 0 Å². The molecule has 2 nitrogen and oxygen atoms in total. The van der Waals surface area contributed by atoms with Crippen molar-refractivity contribution in [1.29, 1.82) is 0 Å². The fourth-order valence-electron chi connectivity index (χ4n) is 1.62. The highest BCUT2D eigenvalue weighted by atomic mass is 32.1. The van der Waals surface area contributed by atoms with Crippen molar-refractivity contribution in [2.75, 3.05) is 0 Å². The van der Waals surface area contributed by atoms with E-state index in [1.54, 1.807) is 0 Å². The lowest BCUT2D eigenvalue weighted by Crippen LogP contribution is -2.09. The van der Waals surface area contributed by atoms with Crippen LogP contribution in [0.25, 0.3) is 0 Å². The maximum atomic E-state index is 4.32. The number of imidazole rings is 1. The van der Waals surface area contributed by atoms with E-state index in [-0.39, 0.29) is 5.41 Å². The third-order valence-corrected chi connectivity index (χ3v) is 3.96. The van der Waals surface area contributed by atoms with Gasteiger partial charge in [-0.2, -0.15) is 0 Å². The van der Waals surface area contributed by atoms with E-state index in [1.807, 2.05) is 23.7 Å². The van der Waals surface area contributed by atoms with Gasteiger partial charge in [-0.3, -0.25) is 0 Å². The summed E-state index contributed by atoms with van der Waals surface area (Å²) in [5, 5.41) is 2.26. The fourth-order valence-corrected chi connectivity index (χ4v) is 2.82. The molecule has 3 heteroatoms. The van der Waals surface area contributed by atoms with Crippen molar-refractivity contribution in [3.8, 4) is 0 Å². The number of thiophene rings is 1. The summed E-state index contributed by atoms with van der Waals surface area (Å²) in [6, 6.07) is 2.30. The predicted octanol–water partition coefficient (Wildman–Crippen LogP) is 3.92. The van der Waals surface area contributed by atoms with E-state index < -0.39 is 0 Å². The Hall–Kier alpha value is -1.09. The van der Waals surface area contributed by atoms with Crippen molar-refractivity contribution in [2.24, 2.45) is 0 Å². The number of nitrogens with zero attached hydrogens (tertiary/aromatic N) is 1. The first kappa shape index (κ1) is 11.4. The summed E-state index contributed by atoms with van der Waals surface area (Å²) >= 11 is 1.82. The molecule has 1 atom stereocenters. The zero-order chi connectivity index (χ0) is 11.8. The van der Waals surface area contributed by atoms with Gasteiger partial charge in [0.25, 0.3) is 0 Å². The van der Waals surface area contributed by atoms with Crippen molar-refractivity contribution in [2.45, 2.75) is 39.0 Å². The average Bonchev–Trinajstić information content (AvgIpc) is 2.87. The van der Waals surface area contributed by atoms with Gasteiger partial charge in [-0.05, 0) is 22.4 Å². The molecule has 1 unspecified atom stereocenters. The minimum atomic E-state index is 0.234. The zero-order valence-electron chi connectivity index (χ0n) is 10.2. The van der Waals surface area contributed by atoms with E-state index in [4.69, 9.17) is 0 Å². The van der Waals surface area contributed by atoms with E-state index in [0.29, 0.717) is 5.92 Å². The SMILES string of the molecule is CC(c1ncc[nH]1)c1cc(C(C)(C)C)cs1. The summed E-state index contributed by atoms with van der Waals surface area (Å²) in [5.74, 6) is 1.40. The summed E-state index contributed by atoms with van der Waals surface area (Å²) in [4.78, 5) is 8.87. The van der Waals surface area contributed by atoms with E-state index in [1.165, 1.54) is 10.4 Å². The number of rotatable bonds is 2. The van der Waals surface area contributed by atoms with Gasteiger partial charge in [0.05, 0.1) is 0 Å². The van der Waals surface area contributed by atoms with Crippen LogP contribution in [0, 0.1) is 0 Å². The molecule has 0 bridgehead atoms. The van der Waals surface area contributed by atoms with Crippen molar-refractivity contribution < 1.29 is 0 Å². The van der Waals surface area contributed by atoms with Crippen LogP contribution < -0.4 is 0 Å². The van der Waals surface area contributed by atoms with Crippen LogP contribution in [0.3, 0.4) is 0 Å². The average molecular weight is 234 g/mol. The predicted molar refractivity (Wildman–Crippen MR) is 69.1 cm³/mol. The second-order valence-electron chi connectivity index (χ2n) is 5.18. The third-order valence-electron chi connectivity index (χ3n) is 2.84. The molecule has 2 heterocycles. The topological polar surface area (TPSA) is 28.7 Å². The first-order valence-electron chi connectivity index (χ1n) is 5.56. The minimum absolute atomic E-state index is 0.234. The Morgan fingerprint density at radius 2 is 2.12 bits per heavy atom. The van der Waals surface area contributed by atoms with Gasteiger partial charge in [-0.15, -0.1) is 11.3 Å². The van der Waals surface area contributed by atoms with Crippen LogP contribution >= 0.6 is 11.3 Å². The summed E-state index contributed by atoms with van der Waals surface area (Å²) in [7, 11) is 0. The molecule has 2 aromatic heterocycles. The molecule has 2 aromatic rings. The van der Waals surface area contributed by atoms with Crippen LogP contribution in [0.2, 0.25) is 0 Å². The minimum Gasteiger partial charge on any atom is -0.348 e. The molecular formula is C13H18N2S. The standard InChI is InChI=1S/C13H18N2S/c1-9(12-14-5-6-15-12)11-7-10(8-16-11)13(2,3)4/h5-9H,1-4H3,(H,14,15). The summed E-state index contributed by atoms with van der Waals surface area (Å²) < 4.78 is 0. The molecule has 0 fully saturated rings. The normalized spacial score (nSPS) is 14.0. The van der Waals surface area contributed by atoms with Gasteiger partial charge in [0.2, 0.25) is 0 Å². The fraction of sp³-hybridized carbons (Fsp3) is 0.462. The Bertz CT molecular complexity index is 448. The molecule has 0 aliphatic carbocycles. The van der Waals surface area contributed by atoms with Gasteiger partial charge >= 0.3 is 0 Å². The van der Waals surface area contributed by atoms with Crippen LogP contribution in [0.5, 0.6) is 0 Å². The van der Waals surface area contributed by atoms with Crippen molar-refractivity contribution in [1.82, 2.24) is 9.97 Å². The molecule has 86 valence electrons. The molecule has 16 heavy (non-hydrogen) atoms. The maximum absolute atomic E-state index is 4.32. The number of H-pyrrole nitrogens is 1. The molecule has 1 N–H and O–H groups in total. The summed E-state index contributed by atoms with van der Waals surface area (Å²) in [5.41, 5.74) is 1.64. The number of nitrogens with one attached hydrogen (secondary N) is 1. The number of hydrogen-bond acceptors (Lipinski definition) is 2. The van der Waals surface area contributed by atoms with Crippen molar-refractivity contribution >= 4 is 11.3 Å². The lowest BCUT2D eigenvalue weighted by atomic mass is 9.88. The Morgan fingerprint density at radius 1 is 1.38 bits per heavy atom. The Balaban J connectivity index is 2.26. The van der Waals surface area contributed by atoms with E-state index in [0.717, 1.165) is 5.82 Å². The number of aromatic amines is 1. The van der Waals surface area contributed by atoms with Crippen LogP contribution in [0.4, 0.5) is 0 Å². The molecule has 0 saturated heterocycles. The van der Waals surface area contributed by atoms with Crippen LogP contribution in [0.15, 0.2) is 23.8 Å². The molecule has 0 aromatic carbocycles. The van der Waals surface area contributed by atoms with Gasteiger partial charge < -0.3 is 4.98 Å². The van der Waals surface area contributed by atoms with Crippen LogP contribution in [-0.4, -0.2) is 9.97 Å². The molecule has 0 spiro atoms. The molecule has 0 saturated carbocycles. The molecular weight excluding hydrogens is 216 g/mol. The molecule has 0 aliphatic rings. The molecule has 0 aliphatic heterocycles. The van der Waals surface area contributed by atoms with Gasteiger partial charge in [0.15, 0.2) is 0 Å². The first-order valence-corrected chi connectivity index (χ1v) is 6.44. The second kappa shape index (κ2) is 4.06. The quantitative estimate of drug-likeness (QED) is 0.838. The van der Waals surface area contributed by atoms with Gasteiger partial charge in [0, 0.05) is 23.2 Å². The Morgan fingerprint density at radius 3 is 2.62 bits per heavy atom. The molecule has 0 radical (unpaired) electrons. The largest absolute Gasteiger partial charge is 0.348 e. The third kappa shape index (κ3) is 2.19. The summed E-state index contributed by atoms with van der Waals surface area (Å²) in [6.07, 6.45) is 3.69. The van der Waals surface area contributed by atoms with Gasteiger partial charge in [-0.25, -0.2) is 4.98 Å². The van der Waals surface area contributed by atoms with Crippen LogP contribution in [0.1, 0.15) is 49.9 Å². The number of hydrogen-bond donors (Lipinski definition) is 1. The highest BCUT2D eigenvalue weighted by molar-refractivity contribution is 7.10. The van der Waals surface area contributed by atoms with E-state index >= 15 is 0 Å². The second-order valence-corrected chi connectivity index (χ2v) is 6.13. The maximum Gasteiger partial charge on any atom is 0.114 e. The molecule has 2 rings (SSSR count).